The molecule has 1 aromatic rings. The van der Waals surface area contributed by atoms with Crippen molar-refractivity contribution >= 4 is 29.3 Å². The molecule has 0 atom stereocenters. The summed E-state index contributed by atoms with van der Waals surface area (Å²) in [5, 5.41) is 0.376. The van der Waals surface area contributed by atoms with Crippen LogP contribution in [0.4, 0.5) is 4.79 Å². The molecule has 0 N–H and O–H groups in total. The number of rotatable bonds is 0. The van der Waals surface area contributed by atoms with Gasteiger partial charge in [0.2, 0.25) is 5.28 Å². The first-order chi connectivity index (χ1) is 9.67. The van der Waals surface area contributed by atoms with E-state index in [1.807, 2.05) is 20.8 Å². The summed E-state index contributed by atoms with van der Waals surface area (Å²) in [7, 11) is 0. The quantitative estimate of drug-likeness (QED) is 0.519. The summed E-state index contributed by atoms with van der Waals surface area (Å²) >= 11 is 11.7. The van der Waals surface area contributed by atoms with Crippen molar-refractivity contribution in [2.45, 2.75) is 59.7 Å². The normalized spacial score (nSPS) is 13.4. The predicted molar refractivity (Wildman–Crippen MR) is 83.5 cm³/mol. The Kier molecular flexibility index (Phi) is 6.23. The topological polar surface area (TPSA) is 55.3 Å². The van der Waals surface area contributed by atoms with Crippen LogP contribution in [0, 0.1) is 0 Å². The first-order valence-electron chi connectivity index (χ1n) is 6.86. The monoisotopic (exact) mass is 333 g/mol. The SMILES string of the molecule is CC(C)(C)OC(=O)N1Cc2nc(Cl)nc(Cl)c2C1.CCC. The molecular weight excluding hydrogens is 313 g/mol. The molecule has 1 aliphatic rings. The standard InChI is InChI=1S/C11H13Cl2N3O2.C3H8/c1-11(2,3)18-10(17)16-4-6-7(5-16)14-9(13)15-8(6)12;1-3-2/h4-5H2,1-3H3;3H2,1-2H3. The van der Waals surface area contributed by atoms with Crippen molar-refractivity contribution in [1.82, 2.24) is 14.9 Å². The molecule has 1 amide bonds. The number of aromatic nitrogens is 2. The number of hydrogen-bond acceptors (Lipinski definition) is 4. The van der Waals surface area contributed by atoms with Crippen molar-refractivity contribution in [2.24, 2.45) is 0 Å². The van der Waals surface area contributed by atoms with Crippen LogP contribution in [0.5, 0.6) is 0 Å². The number of hydrogen-bond donors (Lipinski definition) is 0. The second-order valence-corrected chi connectivity index (χ2v) is 6.45. The van der Waals surface area contributed by atoms with Crippen molar-refractivity contribution in [1.29, 1.82) is 0 Å². The van der Waals surface area contributed by atoms with Crippen LogP contribution in [-0.2, 0) is 17.8 Å². The lowest BCUT2D eigenvalue weighted by Crippen LogP contribution is -2.33. The van der Waals surface area contributed by atoms with Crippen molar-refractivity contribution in [2.75, 3.05) is 0 Å². The molecule has 0 unspecified atom stereocenters. The van der Waals surface area contributed by atoms with Crippen LogP contribution in [0.2, 0.25) is 10.4 Å². The number of carbonyl (C=O) groups excluding carboxylic acids is 1. The van der Waals surface area contributed by atoms with Gasteiger partial charge in [-0.25, -0.2) is 14.8 Å². The lowest BCUT2D eigenvalue weighted by molar-refractivity contribution is 0.0240. The Balaban J connectivity index is 0.000000677. The van der Waals surface area contributed by atoms with E-state index < -0.39 is 11.7 Å². The maximum absolute atomic E-state index is 11.9. The number of nitrogens with zero attached hydrogens (tertiary/aromatic N) is 3. The summed E-state index contributed by atoms with van der Waals surface area (Å²) in [5.41, 5.74) is 0.872. The Morgan fingerprint density at radius 1 is 1.24 bits per heavy atom. The highest BCUT2D eigenvalue weighted by Gasteiger charge is 2.30. The van der Waals surface area contributed by atoms with E-state index in [1.54, 1.807) is 0 Å². The Bertz CT molecular complexity index is 516. The molecule has 5 nitrogen and oxygen atoms in total. The highest BCUT2D eigenvalue weighted by atomic mass is 35.5. The van der Waals surface area contributed by atoms with Crippen LogP contribution in [0.25, 0.3) is 0 Å². The van der Waals surface area contributed by atoms with Crippen LogP contribution < -0.4 is 0 Å². The fourth-order valence-electron chi connectivity index (χ4n) is 1.64. The van der Waals surface area contributed by atoms with Crippen molar-refractivity contribution in [3.05, 3.63) is 21.7 Å². The largest absolute Gasteiger partial charge is 0.444 e. The van der Waals surface area contributed by atoms with Gasteiger partial charge in [0, 0.05) is 5.56 Å². The third-order valence-corrected chi connectivity index (χ3v) is 2.84. The van der Waals surface area contributed by atoms with Gasteiger partial charge in [-0.1, -0.05) is 31.9 Å². The molecule has 1 aromatic heterocycles. The van der Waals surface area contributed by atoms with Crippen molar-refractivity contribution in [3.8, 4) is 0 Å². The molecule has 1 aliphatic heterocycles. The molecular formula is C14H21Cl2N3O2. The third-order valence-electron chi connectivity index (χ3n) is 2.36. The summed E-state index contributed by atoms with van der Waals surface area (Å²) in [6.07, 6.45) is 0.854. The zero-order valence-electron chi connectivity index (χ0n) is 13.0. The fourth-order valence-corrected chi connectivity index (χ4v) is 2.12. The summed E-state index contributed by atoms with van der Waals surface area (Å²) in [6.45, 7) is 10.4. The van der Waals surface area contributed by atoms with Gasteiger partial charge in [0.25, 0.3) is 0 Å². The van der Waals surface area contributed by atoms with E-state index in [9.17, 15) is 4.79 Å². The van der Waals surface area contributed by atoms with E-state index in [-0.39, 0.29) is 10.4 Å². The van der Waals surface area contributed by atoms with Crippen molar-refractivity contribution in [3.63, 3.8) is 0 Å². The first-order valence-corrected chi connectivity index (χ1v) is 7.62. The van der Waals surface area contributed by atoms with Gasteiger partial charge < -0.3 is 4.74 Å². The molecule has 0 radical (unpaired) electrons. The summed E-state index contributed by atoms with van der Waals surface area (Å²) in [5.74, 6) is 0. The summed E-state index contributed by atoms with van der Waals surface area (Å²) < 4.78 is 5.29. The number of fused-ring (bicyclic) bond motifs is 1. The van der Waals surface area contributed by atoms with Crippen LogP contribution in [0.3, 0.4) is 0 Å². The average molecular weight is 334 g/mol. The van der Waals surface area contributed by atoms with Crippen LogP contribution in [-0.4, -0.2) is 26.6 Å². The van der Waals surface area contributed by atoms with Gasteiger partial charge in [0.15, 0.2) is 0 Å². The highest BCUT2D eigenvalue weighted by Crippen LogP contribution is 2.28. The minimum absolute atomic E-state index is 0.0878. The lowest BCUT2D eigenvalue weighted by Gasteiger charge is -2.23. The van der Waals surface area contributed by atoms with Crippen LogP contribution in [0.1, 0.15) is 52.3 Å². The van der Waals surface area contributed by atoms with E-state index in [0.29, 0.717) is 18.8 Å². The second-order valence-electron chi connectivity index (χ2n) is 5.75. The van der Waals surface area contributed by atoms with Gasteiger partial charge in [-0.3, -0.25) is 4.90 Å². The Labute approximate surface area is 135 Å². The number of amides is 1. The zero-order chi connectivity index (χ0) is 16.2. The molecule has 2 rings (SSSR count). The van der Waals surface area contributed by atoms with E-state index in [2.05, 4.69) is 23.8 Å². The molecule has 0 spiro atoms. The molecule has 118 valence electrons. The number of ether oxygens (including phenoxy) is 1. The van der Waals surface area contributed by atoms with Crippen molar-refractivity contribution < 1.29 is 9.53 Å². The Morgan fingerprint density at radius 3 is 2.33 bits per heavy atom. The molecule has 0 fully saturated rings. The number of carbonyl (C=O) groups is 1. The summed E-state index contributed by atoms with van der Waals surface area (Å²) in [6, 6.07) is 0. The molecule has 21 heavy (non-hydrogen) atoms. The maximum Gasteiger partial charge on any atom is 0.410 e. The minimum Gasteiger partial charge on any atom is -0.444 e. The lowest BCUT2D eigenvalue weighted by atomic mass is 10.2. The summed E-state index contributed by atoms with van der Waals surface area (Å²) in [4.78, 5) is 21.3. The fraction of sp³-hybridized carbons (Fsp3) is 0.643. The molecule has 7 heteroatoms. The van der Waals surface area contributed by atoms with Gasteiger partial charge >= 0.3 is 6.09 Å². The molecule has 0 saturated heterocycles. The zero-order valence-corrected chi connectivity index (χ0v) is 14.5. The van der Waals surface area contributed by atoms with E-state index in [0.717, 1.165) is 5.56 Å². The highest BCUT2D eigenvalue weighted by molar-refractivity contribution is 6.32. The van der Waals surface area contributed by atoms with E-state index in [4.69, 9.17) is 27.9 Å². The predicted octanol–water partition coefficient (Wildman–Crippen LogP) is 4.45. The number of halogens is 2. The molecule has 0 saturated carbocycles. The van der Waals surface area contributed by atoms with E-state index >= 15 is 0 Å². The van der Waals surface area contributed by atoms with Gasteiger partial charge in [-0.2, -0.15) is 0 Å². The molecule has 0 aliphatic carbocycles. The van der Waals surface area contributed by atoms with Gasteiger partial charge in [0.05, 0.1) is 18.8 Å². The maximum atomic E-state index is 11.9. The van der Waals surface area contributed by atoms with Crippen LogP contribution >= 0.6 is 23.2 Å². The smallest absolute Gasteiger partial charge is 0.410 e. The Morgan fingerprint density at radius 2 is 1.81 bits per heavy atom. The molecule has 2 heterocycles. The second kappa shape index (κ2) is 7.27. The van der Waals surface area contributed by atoms with E-state index in [1.165, 1.54) is 11.3 Å². The van der Waals surface area contributed by atoms with Crippen LogP contribution in [0.15, 0.2) is 0 Å². The first kappa shape index (κ1) is 18.0. The average Bonchev–Trinajstić information content (AvgIpc) is 2.71. The van der Waals surface area contributed by atoms with Gasteiger partial charge in [0.1, 0.15) is 10.8 Å². The molecule has 0 bridgehead atoms. The molecule has 0 aromatic carbocycles. The van der Waals surface area contributed by atoms with Gasteiger partial charge in [-0.05, 0) is 32.4 Å². The Hall–Kier alpha value is -1.07. The minimum atomic E-state index is -0.529. The third kappa shape index (κ3) is 5.32. The van der Waals surface area contributed by atoms with Gasteiger partial charge in [-0.15, -0.1) is 0 Å².